The molecule has 0 fully saturated rings. The van der Waals surface area contributed by atoms with Crippen LogP contribution >= 0.6 is 11.3 Å². The molecule has 2 rings (SSSR count). The maximum Gasteiger partial charge on any atom is 0.335 e. The first-order valence-corrected chi connectivity index (χ1v) is 8.70. The van der Waals surface area contributed by atoms with E-state index in [-0.39, 0.29) is 29.8 Å². The summed E-state index contributed by atoms with van der Waals surface area (Å²) in [5.74, 6) is -1.61. The molecule has 0 saturated carbocycles. The summed E-state index contributed by atoms with van der Waals surface area (Å²) in [6.07, 6.45) is 0. The van der Waals surface area contributed by atoms with E-state index < -0.39 is 12.0 Å². The van der Waals surface area contributed by atoms with Gasteiger partial charge in [-0.1, -0.05) is 32.0 Å². The molecule has 2 amide bonds. The first-order valence-electron chi connectivity index (χ1n) is 7.83. The molecule has 0 aliphatic heterocycles. The Morgan fingerprint density at radius 1 is 1.12 bits per heavy atom. The van der Waals surface area contributed by atoms with E-state index >= 15 is 0 Å². The van der Waals surface area contributed by atoms with Crippen molar-refractivity contribution in [2.75, 3.05) is 0 Å². The van der Waals surface area contributed by atoms with Gasteiger partial charge in [-0.3, -0.25) is 9.59 Å². The second-order valence-electron chi connectivity index (χ2n) is 5.89. The second kappa shape index (κ2) is 8.43. The van der Waals surface area contributed by atoms with Crippen molar-refractivity contribution in [1.29, 1.82) is 0 Å². The number of carboxylic acids is 1. The highest BCUT2D eigenvalue weighted by Crippen LogP contribution is 2.11. The van der Waals surface area contributed by atoms with Crippen LogP contribution in [0.4, 0.5) is 0 Å². The predicted octanol–water partition coefficient (Wildman–Crippen LogP) is 2.52. The smallest absolute Gasteiger partial charge is 0.335 e. The molecule has 0 radical (unpaired) electrons. The number of carboxylic acid groups (broad SMARTS) is 1. The van der Waals surface area contributed by atoms with Gasteiger partial charge in [0.05, 0.1) is 10.4 Å². The summed E-state index contributed by atoms with van der Waals surface area (Å²) in [5.41, 5.74) is 0.976. The van der Waals surface area contributed by atoms with E-state index in [1.54, 1.807) is 29.6 Å². The van der Waals surface area contributed by atoms with Crippen molar-refractivity contribution in [2.24, 2.45) is 5.92 Å². The van der Waals surface area contributed by atoms with Gasteiger partial charge in [0.2, 0.25) is 5.91 Å². The topological polar surface area (TPSA) is 95.5 Å². The number of hydrogen-bond donors (Lipinski definition) is 3. The number of aromatic carboxylic acids is 1. The molecule has 2 aromatic rings. The highest BCUT2D eigenvalue weighted by atomic mass is 32.1. The van der Waals surface area contributed by atoms with Crippen LogP contribution in [0.15, 0.2) is 41.8 Å². The Hall–Kier alpha value is -2.67. The molecule has 0 saturated heterocycles. The Labute approximate surface area is 149 Å². The lowest BCUT2D eigenvalue weighted by atomic mass is 10.0. The van der Waals surface area contributed by atoms with Gasteiger partial charge in [0.1, 0.15) is 6.04 Å². The maximum atomic E-state index is 12.4. The minimum Gasteiger partial charge on any atom is -0.478 e. The number of thiophene rings is 1. The van der Waals surface area contributed by atoms with Crippen LogP contribution in [0.25, 0.3) is 0 Å². The number of rotatable bonds is 7. The van der Waals surface area contributed by atoms with E-state index in [9.17, 15) is 14.4 Å². The van der Waals surface area contributed by atoms with Gasteiger partial charge in [-0.2, -0.15) is 0 Å². The zero-order valence-electron chi connectivity index (χ0n) is 14.0. The lowest BCUT2D eigenvalue weighted by Crippen LogP contribution is -2.49. The third-order valence-corrected chi connectivity index (χ3v) is 4.52. The Bertz CT molecular complexity index is 739. The van der Waals surface area contributed by atoms with Crippen molar-refractivity contribution < 1.29 is 19.5 Å². The molecule has 25 heavy (non-hydrogen) atoms. The summed E-state index contributed by atoms with van der Waals surface area (Å²) in [7, 11) is 0. The van der Waals surface area contributed by atoms with E-state index in [4.69, 9.17) is 5.11 Å². The minimum absolute atomic E-state index is 0.0710. The van der Waals surface area contributed by atoms with Gasteiger partial charge in [0.25, 0.3) is 5.91 Å². The molecule has 0 spiro atoms. The van der Waals surface area contributed by atoms with Gasteiger partial charge < -0.3 is 15.7 Å². The van der Waals surface area contributed by atoms with Gasteiger partial charge in [-0.05, 0) is 35.1 Å². The van der Waals surface area contributed by atoms with Crippen molar-refractivity contribution in [1.82, 2.24) is 10.6 Å². The molecule has 7 heteroatoms. The van der Waals surface area contributed by atoms with Crippen LogP contribution in [0.3, 0.4) is 0 Å². The number of benzene rings is 1. The molecule has 1 unspecified atom stereocenters. The van der Waals surface area contributed by atoms with Gasteiger partial charge in [-0.15, -0.1) is 11.3 Å². The molecule has 0 aliphatic carbocycles. The van der Waals surface area contributed by atoms with Gasteiger partial charge in [0.15, 0.2) is 0 Å². The van der Waals surface area contributed by atoms with Crippen LogP contribution in [0, 0.1) is 5.92 Å². The Balaban J connectivity index is 1.95. The lowest BCUT2D eigenvalue weighted by Gasteiger charge is -2.21. The highest BCUT2D eigenvalue weighted by molar-refractivity contribution is 7.12. The Morgan fingerprint density at radius 3 is 2.32 bits per heavy atom. The largest absolute Gasteiger partial charge is 0.478 e. The monoisotopic (exact) mass is 360 g/mol. The summed E-state index contributed by atoms with van der Waals surface area (Å²) < 4.78 is 0. The standard InChI is InChI=1S/C18H20N2O4S/c1-11(2)15(20-16(21)14-4-3-9-25-14)17(22)19-10-12-5-7-13(8-6-12)18(23)24/h3-9,11,15H,10H2,1-2H3,(H,19,22)(H,20,21)(H,23,24). The summed E-state index contributed by atoms with van der Waals surface area (Å²) in [5, 5.41) is 16.2. The van der Waals surface area contributed by atoms with Crippen molar-refractivity contribution >= 4 is 29.1 Å². The molecule has 1 atom stereocenters. The Morgan fingerprint density at radius 2 is 1.80 bits per heavy atom. The average molecular weight is 360 g/mol. The number of amides is 2. The molecule has 0 aliphatic rings. The number of nitrogens with one attached hydrogen (secondary N) is 2. The first-order chi connectivity index (χ1) is 11.9. The van der Waals surface area contributed by atoms with Crippen molar-refractivity contribution in [3.63, 3.8) is 0 Å². The van der Waals surface area contributed by atoms with E-state index in [0.29, 0.717) is 4.88 Å². The summed E-state index contributed by atoms with van der Waals surface area (Å²) in [6.45, 7) is 3.98. The van der Waals surface area contributed by atoms with E-state index in [1.807, 2.05) is 13.8 Å². The average Bonchev–Trinajstić information content (AvgIpc) is 3.12. The zero-order valence-corrected chi connectivity index (χ0v) is 14.8. The molecule has 1 heterocycles. The van der Waals surface area contributed by atoms with Crippen molar-refractivity contribution in [3.8, 4) is 0 Å². The van der Waals surface area contributed by atoms with E-state index in [2.05, 4.69) is 10.6 Å². The first kappa shape index (κ1) is 18.7. The van der Waals surface area contributed by atoms with Crippen molar-refractivity contribution in [3.05, 3.63) is 57.8 Å². The second-order valence-corrected chi connectivity index (χ2v) is 6.84. The molecule has 1 aromatic carbocycles. The third kappa shape index (κ3) is 5.15. The van der Waals surface area contributed by atoms with Crippen LogP contribution in [-0.2, 0) is 11.3 Å². The highest BCUT2D eigenvalue weighted by Gasteiger charge is 2.24. The van der Waals surface area contributed by atoms with Crippen LogP contribution in [0.5, 0.6) is 0 Å². The minimum atomic E-state index is -0.994. The number of carbonyl (C=O) groups excluding carboxylic acids is 2. The fraction of sp³-hybridized carbons (Fsp3) is 0.278. The quantitative estimate of drug-likeness (QED) is 0.707. The molecule has 1 aromatic heterocycles. The molecular formula is C18H20N2O4S. The lowest BCUT2D eigenvalue weighted by molar-refractivity contribution is -0.124. The van der Waals surface area contributed by atoms with Crippen LogP contribution < -0.4 is 10.6 Å². The zero-order chi connectivity index (χ0) is 18.4. The number of carbonyl (C=O) groups is 3. The summed E-state index contributed by atoms with van der Waals surface area (Å²) in [6, 6.07) is 9.12. The maximum absolute atomic E-state index is 12.4. The SMILES string of the molecule is CC(C)C(NC(=O)c1cccs1)C(=O)NCc1ccc(C(=O)O)cc1. The van der Waals surface area contributed by atoms with Gasteiger partial charge in [0, 0.05) is 6.54 Å². The van der Waals surface area contributed by atoms with E-state index in [1.165, 1.54) is 23.5 Å². The predicted molar refractivity (Wildman–Crippen MR) is 95.7 cm³/mol. The van der Waals surface area contributed by atoms with Crippen LogP contribution in [0.2, 0.25) is 0 Å². The Kier molecular flexibility index (Phi) is 6.30. The molecule has 3 N–H and O–H groups in total. The molecule has 0 bridgehead atoms. The third-order valence-electron chi connectivity index (χ3n) is 3.65. The van der Waals surface area contributed by atoms with Crippen LogP contribution in [-0.4, -0.2) is 28.9 Å². The molecule has 132 valence electrons. The molecule has 6 nitrogen and oxygen atoms in total. The fourth-order valence-electron chi connectivity index (χ4n) is 2.22. The summed E-state index contributed by atoms with van der Waals surface area (Å²) >= 11 is 1.32. The normalized spacial score (nSPS) is 11.8. The molecular weight excluding hydrogens is 340 g/mol. The van der Waals surface area contributed by atoms with E-state index in [0.717, 1.165) is 5.56 Å². The summed E-state index contributed by atoms with van der Waals surface area (Å²) in [4.78, 5) is 36.0. The van der Waals surface area contributed by atoms with Crippen LogP contribution in [0.1, 0.15) is 39.4 Å². The van der Waals surface area contributed by atoms with Gasteiger partial charge in [-0.25, -0.2) is 4.79 Å². The number of hydrogen-bond acceptors (Lipinski definition) is 4. The fourth-order valence-corrected chi connectivity index (χ4v) is 2.85. The van der Waals surface area contributed by atoms with Crippen molar-refractivity contribution in [2.45, 2.75) is 26.4 Å². The van der Waals surface area contributed by atoms with Gasteiger partial charge >= 0.3 is 5.97 Å².